The first-order valence-electron chi connectivity index (χ1n) is 13.6. The number of anilines is 1. The molecule has 1 aromatic carbocycles. The van der Waals surface area contributed by atoms with Gasteiger partial charge in [-0.1, -0.05) is 43.2 Å². The van der Waals surface area contributed by atoms with E-state index in [-0.39, 0.29) is 17.3 Å². The van der Waals surface area contributed by atoms with Gasteiger partial charge in [0.05, 0.1) is 25.1 Å². The lowest BCUT2D eigenvalue weighted by atomic mass is 10.0. The van der Waals surface area contributed by atoms with Crippen LogP contribution in [0.15, 0.2) is 45.0 Å². The minimum absolute atomic E-state index is 0.214. The van der Waals surface area contributed by atoms with E-state index in [1.807, 2.05) is 27.8 Å². The third-order valence-corrected chi connectivity index (χ3v) is 8.04. The molecule has 37 heavy (non-hydrogen) atoms. The van der Waals surface area contributed by atoms with E-state index in [0.717, 1.165) is 50.3 Å². The lowest BCUT2D eigenvalue weighted by Crippen LogP contribution is -2.46. The molecule has 1 atom stereocenters. The number of imidazole rings is 1. The van der Waals surface area contributed by atoms with Gasteiger partial charge in [-0.25, -0.2) is 14.4 Å². The smallest absolute Gasteiger partial charge is 0.294 e. The highest BCUT2D eigenvalue weighted by Crippen LogP contribution is 2.32. The van der Waals surface area contributed by atoms with Crippen LogP contribution >= 0.6 is 0 Å². The SMILES string of the molecule is CC1C(c2ccccc2)=NN(CN2CCCCC2)c2nc3c(c(=O)n(CN4CCCCC4)c(=O)n3C)n21. The van der Waals surface area contributed by atoms with Gasteiger partial charge in [0.25, 0.3) is 5.56 Å². The Hall–Kier alpha value is -3.24. The van der Waals surface area contributed by atoms with Gasteiger partial charge in [-0.05, 0) is 64.3 Å². The molecule has 10 nitrogen and oxygen atoms in total. The zero-order chi connectivity index (χ0) is 25.5. The molecule has 0 N–H and O–H groups in total. The van der Waals surface area contributed by atoms with E-state index in [1.54, 1.807) is 7.05 Å². The Morgan fingerprint density at radius 2 is 1.49 bits per heavy atom. The zero-order valence-electron chi connectivity index (χ0n) is 21.8. The Morgan fingerprint density at radius 3 is 2.14 bits per heavy atom. The molecule has 2 fully saturated rings. The molecule has 2 saturated heterocycles. The van der Waals surface area contributed by atoms with Crippen molar-refractivity contribution in [2.75, 3.05) is 37.9 Å². The molecule has 6 rings (SSSR count). The number of aryl methyl sites for hydroxylation is 1. The normalized spacial score (nSPS) is 21.3. The molecule has 196 valence electrons. The number of piperidine rings is 2. The van der Waals surface area contributed by atoms with E-state index in [1.165, 1.54) is 34.8 Å². The number of hydrogen-bond donors (Lipinski definition) is 0. The highest BCUT2D eigenvalue weighted by molar-refractivity contribution is 6.05. The third kappa shape index (κ3) is 4.31. The largest absolute Gasteiger partial charge is 0.333 e. The molecular weight excluding hydrogens is 468 g/mol. The molecule has 10 heteroatoms. The standard InChI is InChI=1S/C27H36N8O2/c1-20-22(21-12-6-3-7-13-21)29-34(19-32-16-10-5-11-17-32)26-28-24-23(35(20)26)25(36)33(27(37)30(24)2)18-31-14-8-4-9-15-31/h3,6-7,12-13,20H,4-5,8-11,14-19H2,1-2H3. The number of rotatable bonds is 5. The fourth-order valence-corrected chi connectivity index (χ4v) is 5.98. The fourth-order valence-electron chi connectivity index (χ4n) is 5.98. The topological polar surface area (TPSA) is 83.9 Å². The molecule has 1 unspecified atom stereocenters. The molecule has 2 aromatic heterocycles. The summed E-state index contributed by atoms with van der Waals surface area (Å²) in [6, 6.07) is 9.92. The number of hydrazone groups is 1. The zero-order valence-corrected chi connectivity index (χ0v) is 21.8. The maximum absolute atomic E-state index is 14.0. The molecular formula is C27H36N8O2. The van der Waals surface area contributed by atoms with Gasteiger partial charge in [0.15, 0.2) is 11.2 Å². The van der Waals surface area contributed by atoms with Gasteiger partial charge >= 0.3 is 5.69 Å². The van der Waals surface area contributed by atoms with E-state index < -0.39 is 0 Å². The number of benzene rings is 1. The maximum Gasteiger partial charge on any atom is 0.333 e. The average molecular weight is 505 g/mol. The lowest BCUT2D eigenvalue weighted by Gasteiger charge is -2.35. The summed E-state index contributed by atoms with van der Waals surface area (Å²) in [6.07, 6.45) is 6.99. The van der Waals surface area contributed by atoms with Gasteiger partial charge in [-0.15, -0.1) is 0 Å². The summed E-state index contributed by atoms with van der Waals surface area (Å²) in [6.45, 7) is 6.82. The summed E-state index contributed by atoms with van der Waals surface area (Å²) < 4.78 is 4.92. The van der Waals surface area contributed by atoms with Crippen LogP contribution in [0.5, 0.6) is 0 Å². The average Bonchev–Trinajstić information content (AvgIpc) is 3.35. The van der Waals surface area contributed by atoms with E-state index in [0.29, 0.717) is 30.4 Å². The first-order chi connectivity index (χ1) is 18.0. The predicted octanol–water partition coefficient (Wildman–Crippen LogP) is 2.57. The Morgan fingerprint density at radius 1 is 0.865 bits per heavy atom. The molecule has 0 spiro atoms. The highest BCUT2D eigenvalue weighted by Gasteiger charge is 2.33. The second kappa shape index (κ2) is 9.90. The van der Waals surface area contributed by atoms with Crippen molar-refractivity contribution in [3.63, 3.8) is 0 Å². The molecule has 0 aliphatic carbocycles. The monoisotopic (exact) mass is 504 g/mol. The number of hydrogen-bond acceptors (Lipinski definition) is 7. The van der Waals surface area contributed by atoms with Crippen LogP contribution in [0.4, 0.5) is 5.95 Å². The van der Waals surface area contributed by atoms with Crippen molar-refractivity contribution >= 4 is 22.8 Å². The van der Waals surface area contributed by atoms with E-state index in [9.17, 15) is 9.59 Å². The van der Waals surface area contributed by atoms with Crippen molar-refractivity contribution in [2.45, 2.75) is 58.2 Å². The Balaban J connectivity index is 1.50. The van der Waals surface area contributed by atoms with E-state index >= 15 is 0 Å². The lowest BCUT2D eigenvalue weighted by molar-refractivity contribution is 0.176. The molecule has 0 saturated carbocycles. The first-order valence-corrected chi connectivity index (χ1v) is 13.6. The van der Waals surface area contributed by atoms with Crippen molar-refractivity contribution in [3.05, 3.63) is 56.7 Å². The van der Waals surface area contributed by atoms with E-state index in [4.69, 9.17) is 10.1 Å². The summed E-state index contributed by atoms with van der Waals surface area (Å²) in [4.78, 5) is 36.8. The third-order valence-electron chi connectivity index (χ3n) is 8.04. The molecule has 0 radical (unpaired) electrons. The minimum Gasteiger partial charge on any atom is -0.294 e. The van der Waals surface area contributed by atoms with Crippen LogP contribution in [0.1, 0.15) is 57.1 Å². The number of aromatic nitrogens is 4. The van der Waals surface area contributed by atoms with E-state index in [2.05, 4.69) is 28.9 Å². The van der Waals surface area contributed by atoms with Crippen LogP contribution in [-0.2, 0) is 13.7 Å². The number of fused-ring (bicyclic) bond motifs is 3. The van der Waals surface area contributed by atoms with Crippen molar-refractivity contribution in [2.24, 2.45) is 12.1 Å². The van der Waals surface area contributed by atoms with Gasteiger partial charge in [0.2, 0.25) is 5.95 Å². The summed E-state index contributed by atoms with van der Waals surface area (Å²) in [5.74, 6) is 0.621. The van der Waals surface area contributed by atoms with Gasteiger partial charge in [-0.3, -0.25) is 23.7 Å². The Kier molecular flexibility index (Phi) is 6.46. The maximum atomic E-state index is 14.0. The summed E-state index contributed by atoms with van der Waals surface area (Å²) in [5.41, 5.74) is 2.19. The number of likely N-dealkylation sites (tertiary alicyclic amines) is 2. The van der Waals surface area contributed by atoms with Crippen LogP contribution in [0, 0.1) is 0 Å². The summed E-state index contributed by atoms with van der Waals surface area (Å²) in [7, 11) is 1.72. The molecule has 5 heterocycles. The van der Waals surface area contributed by atoms with Gasteiger partial charge < -0.3 is 0 Å². The van der Waals surface area contributed by atoms with Gasteiger partial charge in [-0.2, -0.15) is 10.1 Å². The van der Waals surface area contributed by atoms with Crippen LogP contribution in [-0.4, -0.2) is 67.0 Å². The van der Waals surface area contributed by atoms with Crippen LogP contribution < -0.4 is 16.3 Å². The Labute approximate surface area is 216 Å². The minimum atomic E-state index is -0.321. The highest BCUT2D eigenvalue weighted by atomic mass is 16.2. The van der Waals surface area contributed by atoms with Crippen molar-refractivity contribution in [1.82, 2.24) is 28.5 Å². The number of nitrogens with zero attached hydrogens (tertiary/aromatic N) is 8. The van der Waals surface area contributed by atoms with Gasteiger partial charge in [0, 0.05) is 7.05 Å². The molecule has 3 aliphatic heterocycles. The predicted molar refractivity (Wildman–Crippen MR) is 145 cm³/mol. The fraction of sp³-hybridized carbons (Fsp3) is 0.556. The molecule has 3 aromatic rings. The summed E-state index contributed by atoms with van der Waals surface area (Å²) in [5, 5.41) is 7.01. The van der Waals surface area contributed by atoms with Crippen molar-refractivity contribution in [1.29, 1.82) is 0 Å². The quantitative estimate of drug-likeness (QED) is 0.531. The Bertz CT molecular complexity index is 1420. The summed E-state index contributed by atoms with van der Waals surface area (Å²) >= 11 is 0. The molecule has 3 aliphatic rings. The van der Waals surface area contributed by atoms with Crippen LogP contribution in [0.3, 0.4) is 0 Å². The molecule has 0 bridgehead atoms. The van der Waals surface area contributed by atoms with Gasteiger partial charge in [0.1, 0.15) is 0 Å². The van der Waals surface area contributed by atoms with Crippen molar-refractivity contribution < 1.29 is 0 Å². The second-order valence-corrected chi connectivity index (χ2v) is 10.6. The molecule has 0 amide bonds. The second-order valence-electron chi connectivity index (χ2n) is 10.6. The van der Waals surface area contributed by atoms with Crippen molar-refractivity contribution in [3.8, 4) is 0 Å². The van der Waals surface area contributed by atoms with Crippen LogP contribution in [0.2, 0.25) is 0 Å². The first kappa shape index (κ1) is 24.1. The van der Waals surface area contributed by atoms with Crippen LogP contribution in [0.25, 0.3) is 11.2 Å².